The molecule has 0 spiro atoms. The van der Waals surface area contributed by atoms with E-state index in [0.717, 1.165) is 29.7 Å². The fourth-order valence-electron chi connectivity index (χ4n) is 2.63. The van der Waals surface area contributed by atoms with Crippen LogP contribution < -0.4 is 4.74 Å². The van der Waals surface area contributed by atoms with Crippen LogP contribution in [0.15, 0.2) is 61.3 Å². The van der Waals surface area contributed by atoms with E-state index in [1.165, 1.54) is 29.5 Å². The number of aromatic nitrogens is 1. The Balaban J connectivity index is 0.000000175. The number of rotatable bonds is 6. The van der Waals surface area contributed by atoms with Gasteiger partial charge in [0.05, 0.1) is 12.1 Å². The summed E-state index contributed by atoms with van der Waals surface area (Å²) in [6.45, 7) is 6.65. The van der Waals surface area contributed by atoms with Gasteiger partial charge in [-0.15, -0.1) is 0 Å². The molecule has 0 amide bonds. The van der Waals surface area contributed by atoms with E-state index >= 15 is 0 Å². The third-order valence-corrected chi connectivity index (χ3v) is 4.06. The van der Waals surface area contributed by atoms with Crippen molar-refractivity contribution in [1.29, 1.82) is 0 Å². The Labute approximate surface area is 143 Å². The van der Waals surface area contributed by atoms with E-state index in [4.69, 9.17) is 4.74 Å². The zero-order valence-corrected chi connectivity index (χ0v) is 14.2. The molecule has 0 unspecified atom stereocenters. The second kappa shape index (κ2) is 7.78. The van der Waals surface area contributed by atoms with Crippen LogP contribution >= 0.6 is 0 Å². The minimum absolute atomic E-state index is 0.793. The van der Waals surface area contributed by atoms with Gasteiger partial charge in [-0.05, 0) is 59.5 Å². The van der Waals surface area contributed by atoms with Crippen molar-refractivity contribution in [3.05, 3.63) is 66.9 Å². The highest BCUT2D eigenvalue weighted by molar-refractivity contribution is 5.85. The van der Waals surface area contributed by atoms with Crippen LogP contribution in [0.3, 0.4) is 0 Å². The van der Waals surface area contributed by atoms with Crippen molar-refractivity contribution in [1.82, 2.24) is 4.98 Å². The van der Waals surface area contributed by atoms with E-state index < -0.39 is 0 Å². The van der Waals surface area contributed by atoms with Gasteiger partial charge in [0, 0.05) is 11.6 Å². The Morgan fingerprint density at radius 3 is 2.54 bits per heavy atom. The van der Waals surface area contributed by atoms with Crippen LogP contribution in [0.4, 0.5) is 0 Å². The maximum Gasteiger partial charge on any atom is 0.130 e. The summed E-state index contributed by atoms with van der Waals surface area (Å²) in [5.41, 5.74) is 5.02. The lowest BCUT2D eigenvalue weighted by atomic mass is 10.2. The molecule has 1 heterocycles. The van der Waals surface area contributed by atoms with E-state index in [1.54, 1.807) is 6.20 Å². The Bertz CT molecular complexity index is 813. The molecular formula is C22H23NO. The molecule has 2 nitrogen and oxygen atoms in total. The van der Waals surface area contributed by atoms with E-state index in [2.05, 4.69) is 42.8 Å². The second-order valence-corrected chi connectivity index (χ2v) is 5.93. The molecule has 1 aromatic carbocycles. The van der Waals surface area contributed by atoms with Crippen molar-refractivity contribution in [2.75, 3.05) is 6.61 Å². The van der Waals surface area contributed by atoms with Crippen LogP contribution in [-0.4, -0.2) is 11.6 Å². The highest BCUT2D eigenvalue weighted by Gasteiger charge is 2.11. The van der Waals surface area contributed by atoms with E-state index in [0.29, 0.717) is 0 Å². The van der Waals surface area contributed by atoms with Gasteiger partial charge in [0.1, 0.15) is 5.75 Å². The predicted octanol–water partition coefficient (Wildman–Crippen LogP) is 6.11. The summed E-state index contributed by atoms with van der Waals surface area (Å²) < 4.78 is 5.78. The molecule has 2 heteroatoms. The molecule has 2 aromatic rings. The average Bonchev–Trinajstić information content (AvgIpc) is 3.25. The summed E-state index contributed by atoms with van der Waals surface area (Å²) in [7, 11) is 0. The number of unbranched alkanes of at least 4 members (excludes halogenated alkanes) is 2. The molecule has 0 aliphatic heterocycles. The lowest BCUT2D eigenvalue weighted by molar-refractivity contribution is 0.309. The Kier molecular flexibility index (Phi) is 5.27. The van der Waals surface area contributed by atoms with Gasteiger partial charge in [-0.25, -0.2) is 0 Å². The first-order chi connectivity index (χ1) is 11.8. The summed E-state index contributed by atoms with van der Waals surface area (Å²) in [5, 5.41) is 1.10. The molecule has 0 fully saturated rings. The zero-order chi connectivity index (χ0) is 16.8. The minimum atomic E-state index is 0.793. The standard InChI is InChI=1S/C14H17NO.C8H6/c1-2-3-6-11-16-14-9-10-15-13-8-5-4-7-12(13)14;1-2-6-3-7-5-8(7)4-6/h4-5,7-10H,2-3,6,11H2,1H3;2-5H,1H2. The maximum atomic E-state index is 5.78. The molecular weight excluding hydrogens is 294 g/mol. The Morgan fingerprint density at radius 2 is 1.83 bits per heavy atom. The SMILES string of the molecule is C=Cc1cc2cc-2c1.CCCCCOc1ccnc2ccccc12. The molecule has 4 rings (SSSR count). The fourth-order valence-corrected chi connectivity index (χ4v) is 2.63. The smallest absolute Gasteiger partial charge is 0.130 e. The van der Waals surface area contributed by atoms with Gasteiger partial charge in [-0.3, -0.25) is 4.98 Å². The van der Waals surface area contributed by atoms with E-state index in [1.807, 2.05) is 30.3 Å². The monoisotopic (exact) mass is 317 g/mol. The molecule has 0 N–H and O–H groups in total. The van der Waals surface area contributed by atoms with Crippen LogP contribution in [0.25, 0.3) is 28.1 Å². The van der Waals surface area contributed by atoms with Gasteiger partial charge in [-0.1, -0.05) is 44.6 Å². The molecule has 0 atom stereocenters. The first-order valence-electron chi connectivity index (χ1n) is 8.56. The second-order valence-electron chi connectivity index (χ2n) is 5.93. The summed E-state index contributed by atoms with van der Waals surface area (Å²) >= 11 is 0. The highest BCUT2D eigenvalue weighted by Crippen LogP contribution is 2.36. The molecule has 2 aliphatic rings. The van der Waals surface area contributed by atoms with Gasteiger partial charge >= 0.3 is 0 Å². The number of fused-ring (bicyclic) bond motifs is 2. The van der Waals surface area contributed by atoms with Gasteiger partial charge in [0.2, 0.25) is 0 Å². The molecule has 0 bridgehead atoms. The van der Waals surface area contributed by atoms with Gasteiger partial charge in [0.25, 0.3) is 0 Å². The van der Waals surface area contributed by atoms with Gasteiger partial charge in [-0.2, -0.15) is 0 Å². The molecule has 2 aliphatic carbocycles. The van der Waals surface area contributed by atoms with Crippen molar-refractivity contribution < 1.29 is 4.74 Å². The van der Waals surface area contributed by atoms with Gasteiger partial charge < -0.3 is 4.74 Å². The number of nitrogens with zero attached hydrogens (tertiary/aromatic N) is 1. The number of hydrogen-bond acceptors (Lipinski definition) is 2. The van der Waals surface area contributed by atoms with Crippen LogP contribution in [0.1, 0.15) is 31.7 Å². The number of para-hydroxylation sites is 1. The molecule has 0 radical (unpaired) electrons. The molecule has 122 valence electrons. The third kappa shape index (κ3) is 4.02. The normalized spacial score (nSPS) is 10.7. The van der Waals surface area contributed by atoms with Crippen molar-refractivity contribution >= 4 is 17.0 Å². The predicted molar refractivity (Wildman–Crippen MR) is 102 cm³/mol. The van der Waals surface area contributed by atoms with Crippen molar-refractivity contribution in [2.45, 2.75) is 26.2 Å². The van der Waals surface area contributed by atoms with Crippen LogP contribution in [-0.2, 0) is 0 Å². The summed E-state index contributed by atoms with van der Waals surface area (Å²) in [4.78, 5) is 4.31. The number of ether oxygens (including phenoxy) is 1. The van der Waals surface area contributed by atoms with Crippen LogP contribution in [0.5, 0.6) is 5.75 Å². The Hall–Kier alpha value is -2.61. The van der Waals surface area contributed by atoms with Crippen LogP contribution in [0, 0.1) is 0 Å². The Morgan fingerprint density at radius 1 is 1.04 bits per heavy atom. The largest absolute Gasteiger partial charge is 0.493 e. The number of benzene rings is 2. The van der Waals surface area contributed by atoms with Gasteiger partial charge in [0.15, 0.2) is 0 Å². The van der Waals surface area contributed by atoms with E-state index in [-0.39, 0.29) is 0 Å². The van der Waals surface area contributed by atoms with Crippen molar-refractivity contribution in [2.24, 2.45) is 0 Å². The summed E-state index contributed by atoms with van der Waals surface area (Å²) in [5.74, 6) is 0.946. The first-order valence-corrected chi connectivity index (χ1v) is 8.56. The highest BCUT2D eigenvalue weighted by atomic mass is 16.5. The minimum Gasteiger partial charge on any atom is -0.493 e. The molecule has 0 saturated carbocycles. The molecule has 1 aromatic heterocycles. The topological polar surface area (TPSA) is 22.1 Å². The molecule has 0 saturated heterocycles. The maximum absolute atomic E-state index is 5.78. The quantitative estimate of drug-likeness (QED) is 0.400. The van der Waals surface area contributed by atoms with Crippen molar-refractivity contribution in [3.63, 3.8) is 0 Å². The number of pyridine rings is 1. The van der Waals surface area contributed by atoms with Crippen LogP contribution in [0.2, 0.25) is 0 Å². The first kappa shape index (κ1) is 16.3. The van der Waals surface area contributed by atoms with E-state index in [9.17, 15) is 0 Å². The lowest BCUT2D eigenvalue weighted by Gasteiger charge is -2.08. The zero-order valence-electron chi connectivity index (χ0n) is 14.2. The molecule has 24 heavy (non-hydrogen) atoms. The fraction of sp³-hybridized carbons (Fsp3) is 0.227. The number of hydrogen-bond donors (Lipinski definition) is 0. The summed E-state index contributed by atoms with van der Waals surface area (Å²) in [6.07, 6.45) is 7.24. The van der Waals surface area contributed by atoms with Crippen molar-refractivity contribution in [3.8, 4) is 16.9 Å². The lowest BCUT2D eigenvalue weighted by Crippen LogP contribution is -1.97. The average molecular weight is 317 g/mol. The summed E-state index contributed by atoms with van der Waals surface area (Å²) in [6, 6.07) is 16.5. The third-order valence-electron chi connectivity index (χ3n) is 4.06.